The van der Waals surface area contributed by atoms with Gasteiger partial charge in [-0.25, -0.2) is 0 Å². The van der Waals surface area contributed by atoms with E-state index >= 15 is 0 Å². The second-order valence-corrected chi connectivity index (χ2v) is 10.1. The van der Waals surface area contributed by atoms with E-state index < -0.39 is 22.8 Å². The third kappa shape index (κ3) is 4.03. The molecule has 0 nitrogen and oxygen atoms in total. The molecule has 1 saturated carbocycles. The Morgan fingerprint density at radius 3 is 2.23 bits per heavy atom. The summed E-state index contributed by atoms with van der Waals surface area (Å²) >= 11 is -0.485. The SMILES string of the molecule is CC1=C(C)C(C2=CC=CC2)[C]([Zr]=[C]2CCCCC2)=C1C.Cl.Cl. The first-order valence-electron chi connectivity index (χ1n) is 8.04. The number of hydrogen-bond acceptors (Lipinski definition) is 0. The van der Waals surface area contributed by atoms with Crippen molar-refractivity contribution in [2.24, 2.45) is 5.92 Å². The Balaban J connectivity index is 0.00000121. The summed E-state index contributed by atoms with van der Waals surface area (Å²) < 4.78 is 3.86. The van der Waals surface area contributed by atoms with E-state index in [1.165, 1.54) is 38.5 Å². The van der Waals surface area contributed by atoms with Crippen molar-refractivity contribution in [1.29, 1.82) is 0 Å². The summed E-state index contributed by atoms with van der Waals surface area (Å²) in [5.41, 5.74) is 6.55. The molecule has 0 saturated heterocycles. The minimum absolute atomic E-state index is 0. The first kappa shape index (κ1) is 20.3. The first-order valence-corrected chi connectivity index (χ1v) is 10.5. The van der Waals surface area contributed by atoms with E-state index in [9.17, 15) is 0 Å². The summed E-state index contributed by atoms with van der Waals surface area (Å²) in [7, 11) is 0. The molecule has 0 aromatic heterocycles. The van der Waals surface area contributed by atoms with Gasteiger partial charge in [-0.2, -0.15) is 0 Å². The molecule has 1 atom stereocenters. The van der Waals surface area contributed by atoms with E-state index in [1.807, 2.05) is 6.49 Å². The standard InChI is InChI=1S/C13H15.C6H10.2ClH.Zr/c1-9-8-13(11(3)10(9)2)12-6-4-5-7-12;1-2-4-6-5-3-1;;;/h4-6,13H,7H2,1-3H3;1-5H2;2*1H;. The molecule has 22 heavy (non-hydrogen) atoms. The van der Waals surface area contributed by atoms with E-state index in [4.69, 9.17) is 0 Å². The van der Waals surface area contributed by atoms with Crippen molar-refractivity contribution >= 4 is 28.0 Å². The molecule has 3 rings (SSSR count). The van der Waals surface area contributed by atoms with Gasteiger partial charge < -0.3 is 0 Å². The molecule has 0 aromatic carbocycles. The molecule has 0 aliphatic heterocycles. The third-order valence-corrected chi connectivity index (χ3v) is 9.61. The van der Waals surface area contributed by atoms with Crippen LogP contribution in [0.3, 0.4) is 0 Å². The van der Waals surface area contributed by atoms with Gasteiger partial charge in [0.25, 0.3) is 0 Å². The molecular formula is C19H27Cl2Zr. The average Bonchev–Trinajstić information content (AvgIpc) is 3.05. The molecule has 3 aliphatic carbocycles. The van der Waals surface area contributed by atoms with E-state index in [-0.39, 0.29) is 24.8 Å². The van der Waals surface area contributed by atoms with Crippen LogP contribution in [0.5, 0.6) is 0 Å². The van der Waals surface area contributed by atoms with E-state index in [1.54, 1.807) is 22.3 Å². The largest absolute Gasteiger partial charge is 0.147 e. The summed E-state index contributed by atoms with van der Waals surface area (Å²) in [6, 6.07) is 0. The smallest absolute Gasteiger partial charge is 0.147 e. The molecule has 0 heterocycles. The predicted molar refractivity (Wildman–Crippen MR) is 99.0 cm³/mol. The summed E-state index contributed by atoms with van der Waals surface area (Å²) in [6.07, 6.45) is 15.4. The normalized spacial score (nSPS) is 24.0. The van der Waals surface area contributed by atoms with Gasteiger partial charge in [0.1, 0.15) is 0 Å². The summed E-state index contributed by atoms with van der Waals surface area (Å²) in [5, 5.41) is 0. The Morgan fingerprint density at radius 1 is 0.955 bits per heavy atom. The fourth-order valence-corrected chi connectivity index (χ4v) is 8.43. The van der Waals surface area contributed by atoms with Gasteiger partial charge in [-0.05, 0) is 0 Å². The molecule has 0 spiro atoms. The van der Waals surface area contributed by atoms with E-state index in [2.05, 4.69) is 39.0 Å². The molecule has 1 fully saturated rings. The van der Waals surface area contributed by atoms with Crippen LogP contribution < -0.4 is 0 Å². The zero-order valence-corrected chi connectivity index (χ0v) is 18.0. The maximum Gasteiger partial charge on any atom is -0.147 e. The molecule has 0 bridgehead atoms. The zero-order chi connectivity index (χ0) is 14.1. The molecule has 3 aliphatic rings. The van der Waals surface area contributed by atoms with Gasteiger partial charge >= 0.3 is 135 Å². The van der Waals surface area contributed by atoms with Gasteiger partial charge in [-0.15, -0.1) is 24.8 Å². The van der Waals surface area contributed by atoms with Crippen LogP contribution in [-0.2, 0) is 22.8 Å². The van der Waals surface area contributed by atoms with Crippen molar-refractivity contribution in [3.63, 3.8) is 0 Å². The van der Waals surface area contributed by atoms with Gasteiger partial charge in [0.05, 0.1) is 0 Å². The number of allylic oxidation sites excluding steroid dienone is 8. The van der Waals surface area contributed by atoms with Crippen molar-refractivity contribution in [3.8, 4) is 0 Å². The van der Waals surface area contributed by atoms with Gasteiger partial charge in [0, 0.05) is 0 Å². The van der Waals surface area contributed by atoms with Crippen LogP contribution in [-0.4, -0.2) is 3.21 Å². The second-order valence-electron chi connectivity index (χ2n) is 6.44. The van der Waals surface area contributed by atoms with Crippen molar-refractivity contribution in [1.82, 2.24) is 0 Å². The van der Waals surface area contributed by atoms with Crippen molar-refractivity contribution in [2.75, 3.05) is 0 Å². The van der Waals surface area contributed by atoms with Crippen LogP contribution in [0.25, 0.3) is 0 Å². The van der Waals surface area contributed by atoms with E-state index in [0.717, 1.165) is 0 Å². The summed E-state index contributed by atoms with van der Waals surface area (Å²) in [6.45, 7) is 7.11. The van der Waals surface area contributed by atoms with Gasteiger partial charge in [-0.1, -0.05) is 0 Å². The Hall–Kier alpha value is 0.293. The Morgan fingerprint density at radius 2 is 1.64 bits per heavy atom. The van der Waals surface area contributed by atoms with Crippen molar-refractivity contribution in [3.05, 3.63) is 43.8 Å². The van der Waals surface area contributed by atoms with Crippen molar-refractivity contribution < 1.29 is 22.8 Å². The molecule has 0 amide bonds. The maximum absolute atomic E-state index is 2.39. The number of hydrogen-bond donors (Lipinski definition) is 0. The Bertz CT molecular complexity index is 568. The van der Waals surface area contributed by atoms with Crippen molar-refractivity contribution in [2.45, 2.75) is 59.3 Å². The zero-order valence-electron chi connectivity index (χ0n) is 13.9. The molecular weight excluding hydrogens is 390 g/mol. The number of rotatable bonds is 2. The monoisotopic (exact) mass is 415 g/mol. The average molecular weight is 418 g/mol. The second kappa shape index (κ2) is 8.95. The quantitative estimate of drug-likeness (QED) is 0.504. The minimum atomic E-state index is -0.485. The minimum Gasteiger partial charge on any atom is -0.147 e. The maximum atomic E-state index is 2.39. The van der Waals surface area contributed by atoms with Crippen LogP contribution in [0.1, 0.15) is 59.3 Å². The Labute approximate surface area is 159 Å². The van der Waals surface area contributed by atoms with Crippen LogP contribution >= 0.6 is 24.8 Å². The molecule has 3 heteroatoms. The third-order valence-electron chi connectivity index (χ3n) is 5.22. The van der Waals surface area contributed by atoms with Crippen LogP contribution in [0.2, 0.25) is 0 Å². The van der Waals surface area contributed by atoms with Gasteiger partial charge in [0.2, 0.25) is 0 Å². The fourth-order valence-electron chi connectivity index (χ4n) is 3.75. The van der Waals surface area contributed by atoms with Gasteiger partial charge in [0.15, 0.2) is 0 Å². The molecule has 1 unspecified atom stereocenters. The van der Waals surface area contributed by atoms with Gasteiger partial charge in [-0.3, -0.25) is 0 Å². The molecule has 0 aromatic rings. The first-order chi connectivity index (χ1) is 9.68. The Kier molecular flexibility index (Phi) is 8.28. The van der Waals surface area contributed by atoms with Crippen LogP contribution in [0.15, 0.2) is 43.8 Å². The van der Waals surface area contributed by atoms with Crippen LogP contribution in [0, 0.1) is 5.92 Å². The predicted octanol–water partition coefficient (Wildman–Crippen LogP) is 6.18. The van der Waals surface area contributed by atoms with E-state index in [0.29, 0.717) is 5.92 Å². The van der Waals surface area contributed by atoms with Crippen LogP contribution in [0.4, 0.5) is 0 Å². The molecule has 121 valence electrons. The molecule has 0 radical (unpaired) electrons. The summed E-state index contributed by atoms with van der Waals surface area (Å²) in [4.78, 5) is 0. The topological polar surface area (TPSA) is 0 Å². The number of halogens is 2. The fraction of sp³-hybridized carbons (Fsp3) is 0.526. The molecule has 0 N–H and O–H groups in total. The summed E-state index contributed by atoms with van der Waals surface area (Å²) in [5.74, 6) is 0.686.